The van der Waals surface area contributed by atoms with E-state index < -0.39 is 0 Å². The Kier molecular flexibility index (Phi) is 5.19. The number of hydrogen-bond donors (Lipinski definition) is 1. The van der Waals surface area contributed by atoms with Crippen LogP contribution in [0.5, 0.6) is 0 Å². The minimum atomic E-state index is 0.756. The van der Waals surface area contributed by atoms with Crippen LogP contribution in [-0.4, -0.2) is 18.1 Å². The quantitative estimate of drug-likeness (QED) is 0.850. The largest absolute Gasteiger partial charge is 0.316 e. The molecule has 2 rings (SSSR count). The van der Waals surface area contributed by atoms with E-state index in [1.54, 1.807) is 11.3 Å². The normalized spacial score (nSPS) is 24.0. The Bertz CT molecular complexity index is 359. The SMILES string of the molecule is Cc1nc(CC2CCCC2CNCC(C)C)cs1. The highest BCUT2D eigenvalue weighted by Gasteiger charge is 2.27. The number of aromatic nitrogens is 1. The maximum atomic E-state index is 4.62. The van der Waals surface area contributed by atoms with E-state index in [0.717, 1.165) is 24.3 Å². The smallest absolute Gasteiger partial charge is 0.0897 e. The van der Waals surface area contributed by atoms with Gasteiger partial charge in [-0.15, -0.1) is 11.3 Å². The highest BCUT2D eigenvalue weighted by Crippen LogP contribution is 2.34. The zero-order valence-corrected chi connectivity index (χ0v) is 12.7. The van der Waals surface area contributed by atoms with Gasteiger partial charge in [-0.3, -0.25) is 0 Å². The third kappa shape index (κ3) is 4.06. The Hall–Kier alpha value is -0.410. The molecule has 1 saturated carbocycles. The van der Waals surface area contributed by atoms with Crippen LogP contribution in [0.25, 0.3) is 0 Å². The Morgan fingerprint density at radius 1 is 1.39 bits per heavy atom. The lowest BCUT2D eigenvalue weighted by molar-refractivity contribution is 0.355. The molecule has 2 nitrogen and oxygen atoms in total. The lowest BCUT2D eigenvalue weighted by atomic mass is 9.91. The lowest BCUT2D eigenvalue weighted by Crippen LogP contribution is -2.29. The van der Waals surface area contributed by atoms with E-state index in [1.807, 2.05) is 0 Å². The van der Waals surface area contributed by atoms with Crippen molar-refractivity contribution in [3.8, 4) is 0 Å². The van der Waals surface area contributed by atoms with Gasteiger partial charge in [-0.05, 0) is 57.0 Å². The number of thiazole rings is 1. The molecule has 1 fully saturated rings. The molecule has 0 bridgehead atoms. The van der Waals surface area contributed by atoms with Crippen molar-refractivity contribution in [3.63, 3.8) is 0 Å². The van der Waals surface area contributed by atoms with Gasteiger partial charge >= 0.3 is 0 Å². The molecule has 0 spiro atoms. The average molecular weight is 266 g/mol. The molecule has 1 heterocycles. The van der Waals surface area contributed by atoms with Crippen LogP contribution in [0.2, 0.25) is 0 Å². The molecule has 0 saturated heterocycles. The zero-order valence-electron chi connectivity index (χ0n) is 11.9. The monoisotopic (exact) mass is 266 g/mol. The van der Waals surface area contributed by atoms with Crippen LogP contribution >= 0.6 is 11.3 Å². The summed E-state index contributed by atoms with van der Waals surface area (Å²) in [5.74, 6) is 2.47. The molecule has 102 valence electrons. The minimum absolute atomic E-state index is 0.756. The summed E-state index contributed by atoms with van der Waals surface area (Å²) in [5.41, 5.74) is 1.32. The van der Waals surface area contributed by atoms with Gasteiger partial charge in [0.1, 0.15) is 0 Å². The van der Waals surface area contributed by atoms with Gasteiger partial charge in [0.05, 0.1) is 10.7 Å². The van der Waals surface area contributed by atoms with E-state index >= 15 is 0 Å². The van der Waals surface area contributed by atoms with Crippen LogP contribution < -0.4 is 5.32 Å². The van der Waals surface area contributed by atoms with Gasteiger partial charge in [-0.1, -0.05) is 20.3 Å². The fraction of sp³-hybridized carbons (Fsp3) is 0.800. The standard InChI is InChI=1S/C15H26N2S/c1-11(2)8-16-9-14-6-4-5-13(14)7-15-10-18-12(3)17-15/h10-11,13-14,16H,4-9H2,1-3H3. The van der Waals surface area contributed by atoms with Gasteiger partial charge in [0, 0.05) is 5.38 Å². The number of hydrogen-bond acceptors (Lipinski definition) is 3. The second-order valence-corrected chi connectivity index (χ2v) is 7.13. The summed E-state index contributed by atoms with van der Waals surface area (Å²) in [7, 11) is 0. The summed E-state index contributed by atoms with van der Waals surface area (Å²) in [6.07, 6.45) is 5.39. The predicted molar refractivity (Wildman–Crippen MR) is 79.1 cm³/mol. The van der Waals surface area contributed by atoms with Gasteiger partial charge in [-0.25, -0.2) is 4.98 Å². The van der Waals surface area contributed by atoms with Gasteiger partial charge in [0.25, 0.3) is 0 Å². The van der Waals surface area contributed by atoms with E-state index in [4.69, 9.17) is 0 Å². The molecule has 1 aromatic rings. The third-order valence-electron chi connectivity index (χ3n) is 3.91. The first kappa shape index (κ1) is 14.0. The number of nitrogens with zero attached hydrogens (tertiary/aromatic N) is 1. The molecule has 1 aliphatic carbocycles. The van der Waals surface area contributed by atoms with Crippen molar-refractivity contribution >= 4 is 11.3 Å². The number of nitrogens with one attached hydrogen (secondary N) is 1. The fourth-order valence-electron chi connectivity index (χ4n) is 2.98. The second kappa shape index (κ2) is 6.67. The van der Waals surface area contributed by atoms with E-state index in [1.165, 1.54) is 42.9 Å². The van der Waals surface area contributed by atoms with Crippen molar-refractivity contribution in [1.29, 1.82) is 0 Å². The molecule has 0 aliphatic heterocycles. The number of aryl methyl sites for hydroxylation is 1. The van der Waals surface area contributed by atoms with Crippen molar-refractivity contribution in [2.24, 2.45) is 17.8 Å². The topological polar surface area (TPSA) is 24.9 Å². The summed E-state index contributed by atoms with van der Waals surface area (Å²) in [5, 5.41) is 7.08. The Labute approximate surface area is 115 Å². The Balaban J connectivity index is 1.80. The molecule has 1 aromatic heterocycles. The molecule has 2 atom stereocenters. The third-order valence-corrected chi connectivity index (χ3v) is 4.74. The first-order chi connectivity index (χ1) is 8.65. The van der Waals surface area contributed by atoms with Gasteiger partial charge in [-0.2, -0.15) is 0 Å². The summed E-state index contributed by atoms with van der Waals surface area (Å²) in [4.78, 5) is 4.62. The van der Waals surface area contributed by atoms with Gasteiger partial charge < -0.3 is 5.32 Å². The molecule has 1 aliphatic rings. The number of rotatable bonds is 6. The van der Waals surface area contributed by atoms with Gasteiger partial charge in [0.15, 0.2) is 0 Å². The van der Waals surface area contributed by atoms with Crippen LogP contribution in [0.15, 0.2) is 5.38 Å². The van der Waals surface area contributed by atoms with E-state index in [9.17, 15) is 0 Å². The van der Waals surface area contributed by atoms with Crippen LogP contribution in [0, 0.1) is 24.7 Å². The van der Waals surface area contributed by atoms with Crippen molar-refractivity contribution in [2.75, 3.05) is 13.1 Å². The molecular formula is C15H26N2S. The van der Waals surface area contributed by atoms with Crippen LogP contribution in [0.3, 0.4) is 0 Å². The van der Waals surface area contributed by atoms with E-state index in [2.05, 4.69) is 36.5 Å². The predicted octanol–water partition coefficient (Wildman–Crippen LogP) is 3.66. The zero-order chi connectivity index (χ0) is 13.0. The molecule has 0 radical (unpaired) electrons. The molecule has 2 unspecified atom stereocenters. The highest BCUT2D eigenvalue weighted by molar-refractivity contribution is 7.09. The van der Waals surface area contributed by atoms with Crippen LogP contribution in [0.1, 0.15) is 43.8 Å². The maximum Gasteiger partial charge on any atom is 0.0897 e. The molecule has 3 heteroatoms. The average Bonchev–Trinajstić information content (AvgIpc) is 2.89. The highest BCUT2D eigenvalue weighted by atomic mass is 32.1. The lowest BCUT2D eigenvalue weighted by Gasteiger charge is -2.20. The summed E-state index contributed by atoms with van der Waals surface area (Å²) < 4.78 is 0. The summed E-state index contributed by atoms with van der Waals surface area (Å²) >= 11 is 1.78. The van der Waals surface area contributed by atoms with E-state index in [-0.39, 0.29) is 0 Å². The molecule has 1 N–H and O–H groups in total. The summed E-state index contributed by atoms with van der Waals surface area (Å²) in [6.45, 7) is 9.00. The molecule has 0 aromatic carbocycles. The molecule has 0 amide bonds. The fourth-order valence-corrected chi connectivity index (χ4v) is 3.60. The second-order valence-electron chi connectivity index (χ2n) is 6.07. The van der Waals surface area contributed by atoms with Crippen molar-refractivity contribution in [3.05, 3.63) is 16.1 Å². The van der Waals surface area contributed by atoms with Crippen LogP contribution in [-0.2, 0) is 6.42 Å². The van der Waals surface area contributed by atoms with E-state index in [0.29, 0.717) is 0 Å². The van der Waals surface area contributed by atoms with Crippen molar-refractivity contribution < 1.29 is 0 Å². The van der Waals surface area contributed by atoms with Crippen molar-refractivity contribution in [1.82, 2.24) is 10.3 Å². The minimum Gasteiger partial charge on any atom is -0.316 e. The Morgan fingerprint density at radius 2 is 2.17 bits per heavy atom. The maximum absolute atomic E-state index is 4.62. The molecular weight excluding hydrogens is 240 g/mol. The molecule has 18 heavy (non-hydrogen) atoms. The van der Waals surface area contributed by atoms with Gasteiger partial charge in [0.2, 0.25) is 0 Å². The first-order valence-electron chi connectivity index (χ1n) is 7.27. The Morgan fingerprint density at radius 3 is 2.83 bits per heavy atom. The first-order valence-corrected chi connectivity index (χ1v) is 8.15. The van der Waals surface area contributed by atoms with Crippen LogP contribution in [0.4, 0.5) is 0 Å². The summed E-state index contributed by atoms with van der Waals surface area (Å²) in [6, 6.07) is 0. The van der Waals surface area contributed by atoms with Crippen molar-refractivity contribution in [2.45, 2.75) is 46.5 Å².